The van der Waals surface area contributed by atoms with Crippen LogP contribution in [0.1, 0.15) is 11.1 Å². The van der Waals surface area contributed by atoms with Crippen molar-refractivity contribution in [3.63, 3.8) is 0 Å². The van der Waals surface area contributed by atoms with E-state index in [0.717, 1.165) is 52.4 Å². The maximum Gasteiger partial charge on any atom is 0.174 e. The summed E-state index contributed by atoms with van der Waals surface area (Å²) < 4.78 is 18.0. The van der Waals surface area contributed by atoms with Crippen molar-refractivity contribution in [2.24, 2.45) is 4.99 Å². The van der Waals surface area contributed by atoms with Gasteiger partial charge in [-0.3, -0.25) is 4.99 Å². The summed E-state index contributed by atoms with van der Waals surface area (Å²) in [6.07, 6.45) is 1.84. The molecule has 0 unspecified atom stereocenters. The van der Waals surface area contributed by atoms with Gasteiger partial charge in [0.15, 0.2) is 11.5 Å². The Bertz CT molecular complexity index is 1070. The van der Waals surface area contributed by atoms with Crippen molar-refractivity contribution < 1.29 is 14.2 Å². The standard InChI is InChI=1S/C25H24ClIN2O3/c1-30-24-15-19(14-23(27)25(24)32-17-18-2-4-20(26)5-3-18)16-28-21-6-8-22(9-7-21)29-10-12-31-13-11-29/h2-9,14-16H,10-13,17H2,1H3. The molecule has 7 heteroatoms. The fourth-order valence-corrected chi connectivity index (χ4v) is 4.32. The van der Waals surface area contributed by atoms with Crippen molar-refractivity contribution in [1.82, 2.24) is 0 Å². The molecule has 1 fully saturated rings. The number of hydrogen-bond donors (Lipinski definition) is 0. The third kappa shape index (κ3) is 5.94. The molecule has 0 aromatic heterocycles. The topological polar surface area (TPSA) is 43.3 Å². The van der Waals surface area contributed by atoms with Crippen LogP contribution in [0.15, 0.2) is 65.7 Å². The number of rotatable bonds is 7. The molecule has 0 aliphatic carbocycles. The summed E-state index contributed by atoms with van der Waals surface area (Å²) in [7, 11) is 1.64. The van der Waals surface area contributed by atoms with E-state index >= 15 is 0 Å². The molecule has 0 atom stereocenters. The van der Waals surface area contributed by atoms with E-state index in [4.69, 9.17) is 25.8 Å². The lowest BCUT2D eigenvalue weighted by molar-refractivity contribution is 0.122. The number of nitrogens with zero attached hydrogens (tertiary/aromatic N) is 2. The lowest BCUT2D eigenvalue weighted by Crippen LogP contribution is -2.36. The Balaban J connectivity index is 1.44. The normalized spacial score (nSPS) is 14.0. The monoisotopic (exact) mass is 562 g/mol. The van der Waals surface area contributed by atoms with Gasteiger partial charge >= 0.3 is 0 Å². The molecule has 0 radical (unpaired) electrons. The quantitative estimate of drug-likeness (QED) is 0.257. The van der Waals surface area contributed by atoms with E-state index < -0.39 is 0 Å². The van der Waals surface area contributed by atoms with Crippen LogP contribution >= 0.6 is 34.2 Å². The minimum atomic E-state index is 0.437. The summed E-state index contributed by atoms with van der Waals surface area (Å²) in [5, 5.41) is 0.709. The second-order valence-electron chi connectivity index (χ2n) is 7.32. The van der Waals surface area contributed by atoms with Crippen LogP contribution in [-0.2, 0) is 11.3 Å². The predicted molar refractivity (Wildman–Crippen MR) is 138 cm³/mol. The van der Waals surface area contributed by atoms with Gasteiger partial charge in [-0.2, -0.15) is 0 Å². The number of morpholine rings is 1. The van der Waals surface area contributed by atoms with Crippen molar-refractivity contribution in [1.29, 1.82) is 0 Å². The van der Waals surface area contributed by atoms with Crippen LogP contribution < -0.4 is 14.4 Å². The minimum Gasteiger partial charge on any atom is -0.493 e. The molecule has 0 N–H and O–H groups in total. The van der Waals surface area contributed by atoms with Crippen molar-refractivity contribution in [2.45, 2.75) is 6.61 Å². The molecule has 5 nitrogen and oxygen atoms in total. The van der Waals surface area contributed by atoms with Gasteiger partial charge in [-0.25, -0.2) is 0 Å². The number of ether oxygens (including phenoxy) is 3. The number of hydrogen-bond acceptors (Lipinski definition) is 5. The van der Waals surface area contributed by atoms with Crippen molar-refractivity contribution >= 4 is 51.8 Å². The van der Waals surface area contributed by atoms with Gasteiger partial charge in [-0.1, -0.05) is 23.7 Å². The average molecular weight is 563 g/mol. The molecule has 0 bridgehead atoms. The molecule has 3 aromatic rings. The lowest BCUT2D eigenvalue weighted by atomic mass is 10.2. The smallest absolute Gasteiger partial charge is 0.174 e. The van der Waals surface area contributed by atoms with Crippen LogP contribution in [-0.4, -0.2) is 39.6 Å². The van der Waals surface area contributed by atoms with Gasteiger partial charge in [0.1, 0.15) is 6.61 Å². The summed E-state index contributed by atoms with van der Waals surface area (Å²) >= 11 is 8.22. The Morgan fingerprint density at radius 1 is 1.06 bits per heavy atom. The largest absolute Gasteiger partial charge is 0.493 e. The summed E-state index contributed by atoms with van der Waals surface area (Å²) in [5.41, 5.74) is 4.09. The first-order valence-corrected chi connectivity index (χ1v) is 11.8. The second kappa shape index (κ2) is 11.0. The Morgan fingerprint density at radius 2 is 1.78 bits per heavy atom. The zero-order chi connectivity index (χ0) is 22.3. The van der Waals surface area contributed by atoms with Gasteiger partial charge in [0, 0.05) is 30.0 Å². The van der Waals surface area contributed by atoms with Crippen LogP contribution in [0, 0.1) is 3.57 Å². The average Bonchev–Trinajstić information content (AvgIpc) is 2.83. The van der Waals surface area contributed by atoms with Crippen LogP contribution in [0.2, 0.25) is 5.02 Å². The number of aliphatic imine (C=N–C) groups is 1. The van der Waals surface area contributed by atoms with Gasteiger partial charge in [0.05, 0.1) is 29.6 Å². The SMILES string of the molecule is COc1cc(C=Nc2ccc(N3CCOCC3)cc2)cc(I)c1OCc1ccc(Cl)cc1. The van der Waals surface area contributed by atoms with E-state index in [-0.39, 0.29) is 0 Å². The summed E-state index contributed by atoms with van der Waals surface area (Å²) in [6.45, 7) is 3.84. The summed E-state index contributed by atoms with van der Waals surface area (Å²) in [6, 6.07) is 19.9. The molecule has 0 amide bonds. The predicted octanol–water partition coefficient (Wildman–Crippen LogP) is 6.12. The minimum absolute atomic E-state index is 0.437. The number of benzene rings is 3. The number of methoxy groups -OCH3 is 1. The highest BCUT2D eigenvalue weighted by Gasteiger charge is 2.12. The van der Waals surface area contributed by atoms with Crippen molar-refractivity contribution in [2.75, 3.05) is 38.3 Å². The van der Waals surface area contributed by atoms with Crippen LogP contribution in [0.4, 0.5) is 11.4 Å². The van der Waals surface area contributed by atoms with E-state index in [1.807, 2.05) is 54.7 Å². The molecule has 1 aliphatic heterocycles. The molecule has 0 saturated carbocycles. The lowest BCUT2D eigenvalue weighted by Gasteiger charge is -2.28. The molecular weight excluding hydrogens is 539 g/mol. The highest BCUT2D eigenvalue weighted by Crippen LogP contribution is 2.34. The van der Waals surface area contributed by atoms with E-state index in [0.29, 0.717) is 17.4 Å². The van der Waals surface area contributed by atoms with Gasteiger partial charge in [0.2, 0.25) is 0 Å². The van der Waals surface area contributed by atoms with E-state index in [1.165, 1.54) is 5.69 Å². The summed E-state index contributed by atoms with van der Waals surface area (Å²) in [5.74, 6) is 1.39. The first kappa shape index (κ1) is 22.9. The Hall–Kier alpha value is -2.29. The van der Waals surface area contributed by atoms with E-state index in [2.05, 4.69) is 44.6 Å². The molecule has 4 rings (SSSR count). The number of halogens is 2. The van der Waals surface area contributed by atoms with Gasteiger partial charge < -0.3 is 19.1 Å². The van der Waals surface area contributed by atoms with Gasteiger partial charge in [-0.15, -0.1) is 0 Å². The van der Waals surface area contributed by atoms with E-state index in [9.17, 15) is 0 Å². The zero-order valence-corrected chi connectivity index (χ0v) is 20.7. The van der Waals surface area contributed by atoms with Crippen LogP contribution in [0.5, 0.6) is 11.5 Å². The first-order chi connectivity index (χ1) is 15.6. The van der Waals surface area contributed by atoms with Crippen LogP contribution in [0.3, 0.4) is 0 Å². The fourth-order valence-electron chi connectivity index (χ4n) is 3.41. The van der Waals surface area contributed by atoms with Gasteiger partial charge in [0.25, 0.3) is 0 Å². The van der Waals surface area contributed by atoms with Gasteiger partial charge in [-0.05, 0) is 82.2 Å². The molecule has 3 aromatic carbocycles. The zero-order valence-electron chi connectivity index (χ0n) is 17.8. The summed E-state index contributed by atoms with van der Waals surface area (Å²) in [4.78, 5) is 6.96. The highest BCUT2D eigenvalue weighted by molar-refractivity contribution is 14.1. The maximum atomic E-state index is 6.04. The molecule has 1 heterocycles. The Morgan fingerprint density at radius 3 is 2.47 bits per heavy atom. The fraction of sp³-hybridized carbons (Fsp3) is 0.240. The molecular formula is C25H24ClIN2O3. The molecule has 32 heavy (non-hydrogen) atoms. The molecule has 166 valence electrons. The first-order valence-electron chi connectivity index (χ1n) is 10.3. The van der Waals surface area contributed by atoms with Crippen molar-refractivity contribution in [3.8, 4) is 11.5 Å². The third-order valence-electron chi connectivity index (χ3n) is 5.14. The molecule has 1 aliphatic rings. The third-order valence-corrected chi connectivity index (χ3v) is 6.19. The molecule has 0 spiro atoms. The molecule has 1 saturated heterocycles. The number of anilines is 1. The Kier molecular flexibility index (Phi) is 7.89. The van der Waals surface area contributed by atoms with Crippen molar-refractivity contribution in [3.05, 3.63) is 80.4 Å². The van der Waals surface area contributed by atoms with E-state index in [1.54, 1.807) is 7.11 Å². The Labute approximate surface area is 207 Å². The maximum absolute atomic E-state index is 6.04. The van der Waals surface area contributed by atoms with Crippen LogP contribution in [0.25, 0.3) is 0 Å². The highest BCUT2D eigenvalue weighted by atomic mass is 127. The second-order valence-corrected chi connectivity index (χ2v) is 8.92.